The van der Waals surface area contributed by atoms with E-state index in [-0.39, 0.29) is 5.91 Å². The van der Waals surface area contributed by atoms with E-state index in [1.165, 1.54) is 0 Å². The van der Waals surface area contributed by atoms with E-state index in [0.717, 1.165) is 0 Å². The first-order chi connectivity index (χ1) is 6.04. The Hall–Kier alpha value is -2.11. The highest BCUT2D eigenvalue weighted by atomic mass is 16.9. The van der Waals surface area contributed by atoms with Gasteiger partial charge in [-0.3, -0.25) is 4.79 Å². The van der Waals surface area contributed by atoms with Gasteiger partial charge in [-0.1, -0.05) is 18.2 Å². The number of hydrogen-bond acceptors (Lipinski definition) is 3. The highest BCUT2D eigenvalue weighted by Gasteiger charge is 1.93. The molecule has 6 heteroatoms. The van der Waals surface area contributed by atoms with Crippen molar-refractivity contribution in [1.29, 1.82) is 0 Å². The summed E-state index contributed by atoms with van der Waals surface area (Å²) in [7, 11) is 0. The maximum Gasteiger partial charge on any atom is 0.291 e. The van der Waals surface area contributed by atoms with Crippen LogP contribution in [0.1, 0.15) is 10.4 Å². The van der Waals surface area contributed by atoms with Crippen LogP contribution in [0.2, 0.25) is 0 Å². The molecule has 0 aliphatic rings. The second kappa shape index (κ2) is 5.53. The molecular weight excluding hydrogens is 176 g/mol. The van der Waals surface area contributed by atoms with E-state index in [1.54, 1.807) is 24.3 Å². The Balaban J connectivity index is 0.000000310. The fraction of sp³-hybridized carbons (Fsp3) is 0. The number of hydrogen-bond donors (Lipinski definition) is 2. The monoisotopic (exact) mass is 184 g/mol. The molecule has 0 saturated heterocycles. The Labute approximate surface area is 73.7 Å². The quantitative estimate of drug-likeness (QED) is 0.487. The second-order valence-corrected chi connectivity index (χ2v) is 1.97. The minimum Gasteiger partial charge on any atom is -0.366 e. The van der Waals surface area contributed by atoms with Gasteiger partial charge in [-0.2, -0.15) is 0 Å². The lowest BCUT2D eigenvalue weighted by atomic mass is 10.2. The molecule has 70 valence electrons. The van der Waals surface area contributed by atoms with Crippen molar-refractivity contribution >= 4 is 5.91 Å². The standard InChI is InChI=1S/C7H7NO.HNO3/c8-7(9)6-4-2-1-3-5-6;2-1(3)4/h1-5H,(H2,8,9);(H,2,3,4). The average Bonchev–Trinajstić information content (AvgIpc) is 2.05. The van der Waals surface area contributed by atoms with E-state index in [4.69, 9.17) is 21.1 Å². The van der Waals surface area contributed by atoms with E-state index in [1.807, 2.05) is 6.07 Å². The first-order valence-corrected chi connectivity index (χ1v) is 3.22. The number of rotatable bonds is 1. The molecule has 1 rings (SSSR count). The Morgan fingerprint density at radius 2 is 1.77 bits per heavy atom. The summed E-state index contributed by atoms with van der Waals surface area (Å²) in [6.07, 6.45) is 0. The molecule has 0 atom stereocenters. The maximum absolute atomic E-state index is 10.4. The van der Waals surface area contributed by atoms with Crippen molar-refractivity contribution in [2.75, 3.05) is 0 Å². The van der Waals surface area contributed by atoms with E-state index >= 15 is 0 Å². The largest absolute Gasteiger partial charge is 0.366 e. The molecule has 0 unspecified atom stereocenters. The zero-order valence-corrected chi connectivity index (χ0v) is 6.58. The summed E-state index contributed by atoms with van der Waals surface area (Å²) in [6, 6.07) is 8.76. The lowest BCUT2D eigenvalue weighted by Gasteiger charge is -1.89. The van der Waals surface area contributed by atoms with Gasteiger partial charge in [0.25, 0.3) is 5.09 Å². The number of nitrogens with two attached hydrogens (primary N) is 1. The van der Waals surface area contributed by atoms with Gasteiger partial charge in [-0.15, -0.1) is 10.1 Å². The molecular formula is C7H8N2O4. The SMILES string of the molecule is NC(=O)c1ccccc1.O=[N+]([O-])O. The third kappa shape index (κ3) is 6.29. The lowest BCUT2D eigenvalue weighted by molar-refractivity contribution is -0.742. The molecule has 1 aromatic carbocycles. The highest BCUT2D eigenvalue weighted by Crippen LogP contribution is 1.94. The van der Waals surface area contributed by atoms with Crippen LogP contribution in [-0.2, 0) is 0 Å². The van der Waals surface area contributed by atoms with Crippen molar-refractivity contribution in [2.24, 2.45) is 5.73 Å². The Bertz CT molecular complexity index is 282. The number of benzene rings is 1. The summed E-state index contributed by atoms with van der Waals surface area (Å²) < 4.78 is 0. The number of primary amides is 1. The van der Waals surface area contributed by atoms with Crippen molar-refractivity contribution in [3.8, 4) is 0 Å². The van der Waals surface area contributed by atoms with Crippen LogP contribution >= 0.6 is 0 Å². The maximum atomic E-state index is 10.4. The molecule has 0 radical (unpaired) electrons. The predicted octanol–water partition coefficient (Wildman–Crippen LogP) is 0.438. The number of amides is 1. The summed E-state index contributed by atoms with van der Waals surface area (Å²) in [5, 5.41) is 13.6. The van der Waals surface area contributed by atoms with Crippen LogP contribution in [0, 0.1) is 10.1 Å². The van der Waals surface area contributed by atoms with Gasteiger partial charge in [0.05, 0.1) is 0 Å². The molecule has 0 fully saturated rings. The fourth-order valence-electron chi connectivity index (χ4n) is 0.602. The molecule has 13 heavy (non-hydrogen) atoms. The summed E-state index contributed by atoms with van der Waals surface area (Å²) >= 11 is 0. The van der Waals surface area contributed by atoms with Crippen LogP contribution in [-0.4, -0.2) is 16.2 Å². The molecule has 0 bridgehead atoms. The van der Waals surface area contributed by atoms with Crippen molar-refractivity contribution < 1.29 is 15.1 Å². The minimum atomic E-state index is -1.50. The molecule has 0 aromatic heterocycles. The number of carbonyl (C=O) groups is 1. The minimum absolute atomic E-state index is 0.379. The van der Waals surface area contributed by atoms with Crippen LogP contribution in [0.4, 0.5) is 0 Å². The van der Waals surface area contributed by atoms with Crippen molar-refractivity contribution in [3.05, 3.63) is 46.0 Å². The molecule has 6 nitrogen and oxygen atoms in total. The molecule has 0 aliphatic heterocycles. The van der Waals surface area contributed by atoms with Gasteiger partial charge in [0.2, 0.25) is 5.91 Å². The zero-order valence-electron chi connectivity index (χ0n) is 6.58. The van der Waals surface area contributed by atoms with Crippen molar-refractivity contribution in [3.63, 3.8) is 0 Å². The topological polar surface area (TPSA) is 106 Å². The molecule has 1 amide bonds. The third-order valence-electron chi connectivity index (χ3n) is 1.06. The van der Waals surface area contributed by atoms with Crippen LogP contribution in [0.3, 0.4) is 0 Å². The smallest absolute Gasteiger partial charge is 0.291 e. The highest BCUT2D eigenvalue weighted by molar-refractivity contribution is 5.92. The van der Waals surface area contributed by atoms with Crippen molar-refractivity contribution in [1.82, 2.24) is 0 Å². The van der Waals surface area contributed by atoms with E-state index in [9.17, 15) is 4.79 Å². The normalized spacial score (nSPS) is 8.00. The summed E-state index contributed by atoms with van der Waals surface area (Å²) in [6.45, 7) is 0. The van der Waals surface area contributed by atoms with E-state index in [0.29, 0.717) is 5.56 Å². The Kier molecular flexibility index (Phi) is 4.63. The Morgan fingerprint density at radius 3 is 2.00 bits per heavy atom. The third-order valence-corrected chi connectivity index (χ3v) is 1.06. The predicted molar refractivity (Wildman–Crippen MR) is 43.7 cm³/mol. The fourth-order valence-corrected chi connectivity index (χ4v) is 0.602. The van der Waals surface area contributed by atoms with E-state index < -0.39 is 5.09 Å². The average molecular weight is 184 g/mol. The summed E-state index contributed by atoms with van der Waals surface area (Å²) in [4.78, 5) is 18.8. The van der Waals surface area contributed by atoms with Crippen LogP contribution in [0.5, 0.6) is 0 Å². The van der Waals surface area contributed by atoms with Gasteiger partial charge in [-0.25, -0.2) is 0 Å². The second-order valence-electron chi connectivity index (χ2n) is 1.97. The molecule has 0 spiro atoms. The lowest BCUT2D eigenvalue weighted by Crippen LogP contribution is -2.09. The van der Waals surface area contributed by atoms with Gasteiger partial charge in [0.1, 0.15) is 0 Å². The van der Waals surface area contributed by atoms with Gasteiger partial charge in [0.15, 0.2) is 0 Å². The van der Waals surface area contributed by atoms with Crippen LogP contribution in [0.25, 0.3) is 0 Å². The van der Waals surface area contributed by atoms with Crippen molar-refractivity contribution in [2.45, 2.75) is 0 Å². The molecule has 3 N–H and O–H groups in total. The molecule has 0 aliphatic carbocycles. The summed E-state index contributed by atoms with van der Waals surface area (Å²) in [5.41, 5.74) is 5.53. The first kappa shape index (κ1) is 10.9. The number of carbonyl (C=O) groups excluding carboxylic acids is 1. The Morgan fingerprint density at radius 1 is 1.38 bits per heavy atom. The molecule has 0 saturated carbocycles. The van der Waals surface area contributed by atoms with Gasteiger partial charge in [-0.05, 0) is 12.1 Å². The van der Waals surface area contributed by atoms with Crippen LogP contribution in [0.15, 0.2) is 30.3 Å². The zero-order chi connectivity index (χ0) is 10.3. The summed E-state index contributed by atoms with van der Waals surface area (Å²) in [5.74, 6) is -0.379. The van der Waals surface area contributed by atoms with Gasteiger partial charge >= 0.3 is 0 Å². The van der Waals surface area contributed by atoms with E-state index in [2.05, 4.69) is 0 Å². The molecule has 1 aromatic rings. The van der Waals surface area contributed by atoms with Gasteiger partial charge in [0, 0.05) is 5.56 Å². The number of nitrogens with zero attached hydrogens (tertiary/aromatic N) is 1. The van der Waals surface area contributed by atoms with Crippen LogP contribution < -0.4 is 5.73 Å². The van der Waals surface area contributed by atoms with Gasteiger partial charge < -0.3 is 10.9 Å². The first-order valence-electron chi connectivity index (χ1n) is 3.22. The molecule has 0 heterocycles.